The standard InChI is InChI=1S/C19H20FN3O2S/c1-12(17-9-21-23(3)13(17)2)22-19(24)18-8-14(11-26-18)10-25-16-6-4-15(20)5-7-16/h4-9,11-12H,10H2,1-3H3,(H,22,24). The summed E-state index contributed by atoms with van der Waals surface area (Å²) in [5, 5.41) is 9.09. The summed E-state index contributed by atoms with van der Waals surface area (Å²) in [4.78, 5) is 13.1. The van der Waals surface area contributed by atoms with E-state index >= 15 is 0 Å². The number of aromatic nitrogens is 2. The molecule has 5 nitrogen and oxygen atoms in total. The number of carbonyl (C=O) groups excluding carboxylic acids is 1. The van der Waals surface area contributed by atoms with Crippen LogP contribution in [0.15, 0.2) is 41.9 Å². The molecule has 0 saturated heterocycles. The Morgan fingerprint density at radius 1 is 1.38 bits per heavy atom. The Kier molecular flexibility index (Phi) is 5.37. The predicted molar refractivity (Wildman–Crippen MR) is 98.9 cm³/mol. The molecule has 1 N–H and O–H groups in total. The molecule has 0 fully saturated rings. The average Bonchev–Trinajstić information content (AvgIpc) is 3.22. The smallest absolute Gasteiger partial charge is 0.261 e. The van der Waals surface area contributed by atoms with Crippen molar-refractivity contribution in [3.8, 4) is 5.75 Å². The summed E-state index contributed by atoms with van der Waals surface area (Å²) in [6.45, 7) is 4.24. The lowest BCUT2D eigenvalue weighted by molar-refractivity contribution is 0.0944. The van der Waals surface area contributed by atoms with E-state index in [0.717, 1.165) is 16.8 Å². The Labute approximate surface area is 155 Å². The normalized spacial score (nSPS) is 12.0. The summed E-state index contributed by atoms with van der Waals surface area (Å²) in [7, 11) is 1.88. The molecule has 3 rings (SSSR count). The Morgan fingerprint density at radius 2 is 2.12 bits per heavy atom. The SMILES string of the molecule is Cc1c(C(C)NC(=O)c2cc(COc3ccc(F)cc3)cs2)cnn1C. The number of nitrogens with zero attached hydrogens (tertiary/aromatic N) is 2. The first kappa shape index (κ1) is 18.1. The number of halogens is 1. The van der Waals surface area contributed by atoms with Crippen molar-refractivity contribution in [1.29, 1.82) is 0 Å². The maximum Gasteiger partial charge on any atom is 0.261 e. The molecule has 0 aliphatic heterocycles. The van der Waals surface area contributed by atoms with Gasteiger partial charge >= 0.3 is 0 Å². The molecule has 136 valence electrons. The molecule has 0 spiro atoms. The summed E-state index contributed by atoms with van der Waals surface area (Å²) in [6.07, 6.45) is 1.77. The van der Waals surface area contributed by atoms with Gasteiger partial charge in [-0.1, -0.05) is 0 Å². The van der Waals surface area contributed by atoms with Crippen molar-refractivity contribution < 1.29 is 13.9 Å². The number of hydrogen-bond acceptors (Lipinski definition) is 4. The van der Waals surface area contributed by atoms with Crippen LogP contribution in [0.2, 0.25) is 0 Å². The van der Waals surface area contributed by atoms with Crippen LogP contribution in [-0.2, 0) is 13.7 Å². The van der Waals surface area contributed by atoms with Crippen molar-refractivity contribution in [3.05, 3.63) is 69.4 Å². The maximum atomic E-state index is 12.9. The second-order valence-corrected chi connectivity index (χ2v) is 6.98. The van der Waals surface area contributed by atoms with Gasteiger partial charge in [-0.15, -0.1) is 11.3 Å². The Morgan fingerprint density at radius 3 is 2.77 bits per heavy atom. The van der Waals surface area contributed by atoms with Crippen molar-refractivity contribution >= 4 is 17.2 Å². The van der Waals surface area contributed by atoms with Crippen LogP contribution in [0.1, 0.15) is 39.5 Å². The second kappa shape index (κ2) is 7.70. The van der Waals surface area contributed by atoms with E-state index in [2.05, 4.69) is 10.4 Å². The largest absolute Gasteiger partial charge is 0.489 e. The van der Waals surface area contributed by atoms with Gasteiger partial charge in [0.2, 0.25) is 0 Å². The van der Waals surface area contributed by atoms with Gasteiger partial charge in [0.05, 0.1) is 17.1 Å². The highest BCUT2D eigenvalue weighted by Crippen LogP contribution is 2.21. The molecule has 26 heavy (non-hydrogen) atoms. The lowest BCUT2D eigenvalue weighted by Crippen LogP contribution is -2.26. The fourth-order valence-corrected chi connectivity index (χ4v) is 3.35. The topological polar surface area (TPSA) is 56.1 Å². The van der Waals surface area contributed by atoms with Crippen LogP contribution in [0, 0.1) is 12.7 Å². The molecule has 0 bridgehead atoms. The zero-order valence-corrected chi connectivity index (χ0v) is 15.6. The Balaban J connectivity index is 1.59. The number of amides is 1. The Bertz CT molecular complexity index is 902. The molecule has 0 radical (unpaired) electrons. The monoisotopic (exact) mass is 373 g/mol. The molecule has 1 amide bonds. The third-order valence-corrected chi connectivity index (χ3v) is 5.16. The van der Waals surface area contributed by atoms with Crippen LogP contribution in [0.4, 0.5) is 4.39 Å². The fraction of sp³-hybridized carbons (Fsp3) is 0.263. The van der Waals surface area contributed by atoms with Crippen LogP contribution < -0.4 is 10.1 Å². The Hall–Kier alpha value is -2.67. The average molecular weight is 373 g/mol. The molecule has 0 saturated carbocycles. The summed E-state index contributed by atoms with van der Waals surface area (Å²) >= 11 is 1.37. The quantitative estimate of drug-likeness (QED) is 0.711. The molecule has 2 aromatic heterocycles. The van der Waals surface area contributed by atoms with Gasteiger partial charge in [0.15, 0.2) is 0 Å². The van der Waals surface area contributed by atoms with Crippen LogP contribution in [0.25, 0.3) is 0 Å². The molecular formula is C19H20FN3O2S. The van der Waals surface area contributed by atoms with Crippen molar-refractivity contribution in [1.82, 2.24) is 15.1 Å². The number of rotatable bonds is 6. The first-order valence-corrected chi connectivity index (χ1v) is 9.07. The van der Waals surface area contributed by atoms with E-state index in [4.69, 9.17) is 4.74 Å². The van der Waals surface area contributed by atoms with E-state index in [1.165, 1.54) is 23.5 Å². The van der Waals surface area contributed by atoms with Gasteiger partial charge in [0.1, 0.15) is 18.2 Å². The molecule has 0 aliphatic carbocycles. The van der Waals surface area contributed by atoms with E-state index in [-0.39, 0.29) is 17.8 Å². The highest BCUT2D eigenvalue weighted by Gasteiger charge is 2.17. The number of thiophene rings is 1. The lowest BCUT2D eigenvalue weighted by atomic mass is 10.1. The maximum absolute atomic E-state index is 12.9. The minimum atomic E-state index is -0.301. The summed E-state index contributed by atoms with van der Waals surface area (Å²) < 4.78 is 20.3. The van der Waals surface area contributed by atoms with Crippen molar-refractivity contribution in [2.45, 2.75) is 26.5 Å². The van der Waals surface area contributed by atoms with Crippen LogP contribution in [0.3, 0.4) is 0 Å². The number of benzene rings is 1. The van der Waals surface area contributed by atoms with Crippen LogP contribution in [0.5, 0.6) is 5.75 Å². The van der Waals surface area contributed by atoms with Gasteiger partial charge in [-0.05, 0) is 49.6 Å². The fourth-order valence-electron chi connectivity index (χ4n) is 2.55. The van der Waals surface area contributed by atoms with Crippen molar-refractivity contribution in [2.24, 2.45) is 7.05 Å². The zero-order valence-electron chi connectivity index (χ0n) is 14.8. The highest BCUT2D eigenvalue weighted by molar-refractivity contribution is 7.12. The minimum absolute atomic E-state index is 0.126. The minimum Gasteiger partial charge on any atom is -0.489 e. The van der Waals surface area contributed by atoms with Crippen molar-refractivity contribution in [3.63, 3.8) is 0 Å². The third-order valence-electron chi connectivity index (χ3n) is 4.18. The molecule has 2 heterocycles. The molecule has 1 aromatic carbocycles. The number of aryl methyl sites for hydroxylation is 1. The van der Waals surface area contributed by atoms with Gasteiger partial charge in [-0.3, -0.25) is 9.48 Å². The van der Waals surface area contributed by atoms with Crippen LogP contribution in [-0.4, -0.2) is 15.7 Å². The molecule has 1 atom stereocenters. The number of nitrogens with one attached hydrogen (secondary N) is 1. The first-order valence-electron chi connectivity index (χ1n) is 8.19. The lowest BCUT2D eigenvalue weighted by Gasteiger charge is -2.12. The summed E-state index contributed by atoms with van der Waals surface area (Å²) in [6, 6.07) is 7.54. The molecule has 3 aromatic rings. The van der Waals surface area contributed by atoms with Crippen LogP contribution >= 0.6 is 11.3 Å². The van der Waals surface area contributed by atoms with E-state index in [0.29, 0.717) is 17.2 Å². The summed E-state index contributed by atoms with van der Waals surface area (Å²) in [5.41, 5.74) is 2.92. The van der Waals surface area contributed by atoms with Gasteiger partial charge in [-0.25, -0.2) is 4.39 Å². The highest BCUT2D eigenvalue weighted by atomic mass is 32.1. The predicted octanol–water partition coefficient (Wildman–Crippen LogP) is 4.00. The molecular weight excluding hydrogens is 353 g/mol. The summed E-state index contributed by atoms with van der Waals surface area (Å²) in [5.74, 6) is 0.160. The van der Waals surface area contributed by atoms with Crippen molar-refractivity contribution in [2.75, 3.05) is 0 Å². The van der Waals surface area contributed by atoms with Gasteiger partial charge in [0.25, 0.3) is 5.91 Å². The van der Waals surface area contributed by atoms with Gasteiger partial charge < -0.3 is 10.1 Å². The van der Waals surface area contributed by atoms with Gasteiger partial charge in [0, 0.05) is 23.9 Å². The van der Waals surface area contributed by atoms with Gasteiger partial charge in [-0.2, -0.15) is 5.10 Å². The zero-order chi connectivity index (χ0) is 18.7. The first-order chi connectivity index (χ1) is 12.4. The number of ether oxygens (including phenoxy) is 1. The number of carbonyl (C=O) groups is 1. The van der Waals surface area contributed by atoms with E-state index in [1.54, 1.807) is 23.0 Å². The third kappa shape index (κ3) is 4.11. The number of hydrogen-bond donors (Lipinski definition) is 1. The van der Waals surface area contributed by atoms with E-state index < -0.39 is 0 Å². The molecule has 7 heteroatoms. The van der Waals surface area contributed by atoms with E-state index in [9.17, 15) is 9.18 Å². The van der Waals surface area contributed by atoms with E-state index in [1.807, 2.05) is 32.3 Å². The molecule has 0 aliphatic rings. The molecule has 1 unspecified atom stereocenters. The second-order valence-electron chi connectivity index (χ2n) is 6.07.